The largest absolute Gasteiger partial charge is 0.497 e. The monoisotopic (exact) mass is 499 g/mol. The molecule has 1 atom stereocenters. The zero-order valence-electron chi connectivity index (χ0n) is 18.4. The van der Waals surface area contributed by atoms with Crippen LogP contribution in [0.3, 0.4) is 0 Å². The Labute approximate surface area is 207 Å². The Hall–Kier alpha value is -3.42. The predicted octanol–water partition coefficient (Wildman–Crippen LogP) is 5.08. The molecule has 0 unspecified atom stereocenters. The predicted molar refractivity (Wildman–Crippen MR) is 132 cm³/mol. The number of hydrogen-bond acceptors (Lipinski definition) is 5. The number of anilines is 2. The molecule has 3 aromatic rings. The van der Waals surface area contributed by atoms with E-state index in [1.54, 1.807) is 60.5 Å². The lowest BCUT2D eigenvalue weighted by Crippen LogP contribution is -2.36. The van der Waals surface area contributed by atoms with Crippen LogP contribution in [0.15, 0.2) is 66.7 Å². The first-order chi connectivity index (χ1) is 16.4. The normalized spacial score (nSPS) is 15.2. The Balaban J connectivity index is 1.30. The van der Waals surface area contributed by atoms with Gasteiger partial charge in [-0.05, 0) is 48.5 Å². The quantitative estimate of drug-likeness (QED) is 0.422. The fourth-order valence-corrected chi connectivity index (χ4v) is 4.02. The fourth-order valence-electron chi connectivity index (χ4n) is 3.60. The van der Waals surface area contributed by atoms with E-state index in [1.807, 2.05) is 18.2 Å². The molecule has 0 saturated carbocycles. The lowest BCUT2D eigenvalue weighted by Gasteiger charge is -2.17. The van der Waals surface area contributed by atoms with Gasteiger partial charge in [-0.1, -0.05) is 41.4 Å². The van der Waals surface area contributed by atoms with Gasteiger partial charge >= 0.3 is 0 Å². The molecule has 176 valence electrons. The van der Waals surface area contributed by atoms with Crippen molar-refractivity contribution in [1.82, 2.24) is 5.43 Å². The summed E-state index contributed by atoms with van der Waals surface area (Å²) in [5.41, 5.74) is 7.67. The Kier molecular flexibility index (Phi) is 7.45. The van der Waals surface area contributed by atoms with E-state index in [0.29, 0.717) is 33.8 Å². The molecule has 1 fully saturated rings. The van der Waals surface area contributed by atoms with Crippen molar-refractivity contribution in [3.05, 3.63) is 82.3 Å². The number of amides is 2. The Morgan fingerprint density at radius 2 is 1.82 bits per heavy atom. The molecule has 2 N–H and O–H groups in total. The number of benzene rings is 3. The van der Waals surface area contributed by atoms with Crippen LogP contribution in [0.2, 0.25) is 10.0 Å². The third-order valence-electron chi connectivity index (χ3n) is 5.48. The van der Waals surface area contributed by atoms with Gasteiger partial charge in [0.25, 0.3) is 0 Å². The van der Waals surface area contributed by atoms with Crippen molar-refractivity contribution < 1.29 is 19.1 Å². The van der Waals surface area contributed by atoms with Crippen LogP contribution in [0.1, 0.15) is 12.0 Å². The van der Waals surface area contributed by atoms with Gasteiger partial charge in [0.05, 0.1) is 23.7 Å². The summed E-state index contributed by atoms with van der Waals surface area (Å²) < 4.78 is 10.9. The van der Waals surface area contributed by atoms with E-state index >= 15 is 0 Å². The summed E-state index contributed by atoms with van der Waals surface area (Å²) in [4.78, 5) is 26.7. The van der Waals surface area contributed by atoms with Crippen molar-refractivity contribution in [1.29, 1.82) is 0 Å². The number of nitrogens with zero attached hydrogens (tertiary/aromatic N) is 1. The molecule has 34 heavy (non-hydrogen) atoms. The van der Waals surface area contributed by atoms with Gasteiger partial charge < -0.3 is 14.4 Å². The van der Waals surface area contributed by atoms with Crippen molar-refractivity contribution in [3.8, 4) is 11.5 Å². The third-order valence-corrected chi connectivity index (χ3v) is 6.15. The van der Waals surface area contributed by atoms with Crippen LogP contribution in [-0.2, 0) is 16.2 Å². The number of carbonyl (C=O) groups excluding carboxylic acids is 2. The minimum atomic E-state index is -0.476. The van der Waals surface area contributed by atoms with Crippen molar-refractivity contribution in [3.63, 3.8) is 0 Å². The molecule has 1 heterocycles. The van der Waals surface area contributed by atoms with Crippen molar-refractivity contribution in [2.45, 2.75) is 13.0 Å². The highest BCUT2D eigenvalue weighted by Crippen LogP contribution is 2.30. The molecule has 1 aliphatic heterocycles. The van der Waals surface area contributed by atoms with E-state index in [0.717, 1.165) is 11.3 Å². The number of halogens is 2. The van der Waals surface area contributed by atoms with Crippen LogP contribution in [0, 0.1) is 5.92 Å². The lowest BCUT2D eigenvalue weighted by molar-refractivity contribution is -0.125. The summed E-state index contributed by atoms with van der Waals surface area (Å²) in [6.45, 7) is 0.581. The molecule has 1 saturated heterocycles. The molecule has 3 aromatic carbocycles. The molecule has 0 aliphatic carbocycles. The number of hydrogen-bond donors (Lipinski definition) is 2. The van der Waals surface area contributed by atoms with Crippen LogP contribution in [0.25, 0.3) is 0 Å². The minimum absolute atomic E-state index is 0.103. The minimum Gasteiger partial charge on any atom is -0.497 e. The third kappa shape index (κ3) is 5.55. The zero-order valence-corrected chi connectivity index (χ0v) is 19.9. The van der Waals surface area contributed by atoms with Gasteiger partial charge in [-0.25, -0.2) is 0 Å². The summed E-state index contributed by atoms with van der Waals surface area (Å²) >= 11 is 12.5. The SMILES string of the molecule is COc1ccc(N2C[C@H](C(=O)NNc3ccc(OCc4ccccc4Cl)c(Cl)c3)CC2=O)cc1. The summed E-state index contributed by atoms with van der Waals surface area (Å²) in [5.74, 6) is 0.339. The average Bonchev–Trinajstić information content (AvgIpc) is 3.24. The number of ether oxygens (including phenoxy) is 2. The van der Waals surface area contributed by atoms with Crippen molar-refractivity contribution in [2.75, 3.05) is 24.0 Å². The van der Waals surface area contributed by atoms with E-state index < -0.39 is 5.92 Å². The maximum Gasteiger partial charge on any atom is 0.243 e. The second kappa shape index (κ2) is 10.7. The van der Waals surface area contributed by atoms with E-state index in [4.69, 9.17) is 32.7 Å². The molecule has 2 amide bonds. The highest BCUT2D eigenvalue weighted by atomic mass is 35.5. The van der Waals surface area contributed by atoms with E-state index in [-0.39, 0.29) is 24.8 Å². The molecular weight excluding hydrogens is 477 g/mol. The first-order valence-corrected chi connectivity index (χ1v) is 11.4. The Morgan fingerprint density at radius 1 is 1.06 bits per heavy atom. The summed E-state index contributed by atoms with van der Waals surface area (Å²) in [6, 6.07) is 19.7. The average molecular weight is 500 g/mol. The molecule has 0 spiro atoms. The smallest absolute Gasteiger partial charge is 0.243 e. The van der Waals surface area contributed by atoms with Crippen LogP contribution >= 0.6 is 23.2 Å². The molecular formula is C25H23Cl2N3O4. The van der Waals surface area contributed by atoms with E-state index in [2.05, 4.69) is 10.9 Å². The first-order valence-electron chi connectivity index (χ1n) is 10.6. The van der Waals surface area contributed by atoms with Crippen LogP contribution in [0.5, 0.6) is 11.5 Å². The van der Waals surface area contributed by atoms with Gasteiger partial charge in [-0.15, -0.1) is 0 Å². The molecule has 0 aromatic heterocycles. The number of hydrazine groups is 1. The number of carbonyl (C=O) groups is 2. The zero-order chi connectivity index (χ0) is 24.1. The molecule has 9 heteroatoms. The van der Waals surface area contributed by atoms with Gasteiger partial charge in [0.1, 0.15) is 18.1 Å². The summed E-state index contributed by atoms with van der Waals surface area (Å²) in [6.07, 6.45) is 0.134. The Bertz CT molecular complexity index is 1190. The molecule has 7 nitrogen and oxygen atoms in total. The van der Waals surface area contributed by atoms with Gasteiger partial charge in [-0.3, -0.25) is 20.4 Å². The van der Waals surface area contributed by atoms with Crippen LogP contribution < -0.4 is 25.2 Å². The molecule has 4 rings (SSSR count). The lowest BCUT2D eigenvalue weighted by atomic mass is 10.1. The molecule has 1 aliphatic rings. The number of rotatable bonds is 8. The maximum absolute atomic E-state index is 12.6. The van der Waals surface area contributed by atoms with Gasteiger partial charge in [0, 0.05) is 29.2 Å². The van der Waals surface area contributed by atoms with Gasteiger partial charge in [0.2, 0.25) is 11.8 Å². The van der Waals surface area contributed by atoms with Gasteiger partial charge in [-0.2, -0.15) is 0 Å². The van der Waals surface area contributed by atoms with E-state index in [9.17, 15) is 9.59 Å². The molecule has 0 radical (unpaired) electrons. The fraction of sp³-hybridized carbons (Fsp3) is 0.200. The van der Waals surface area contributed by atoms with Crippen molar-refractivity contribution >= 4 is 46.4 Å². The maximum atomic E-state index is 12.6. The summed E-state index contributed by atoms with van der Waals surface area (Å²) in [5, 5.41) is 1.00. The number of methoxy groups -OCH3 is 1. The topological polar surface area (TPSA) is 79.9 Å². The van der Waals surface area contributed by atoms with Crippen LogP contribution in [0.4, 0.5) is 11.4 Å². The van der Waals surface area contributed by atoms with Crippen LogP contribution in [-0.4, -0.2) is 25.5 Å². The molecule has 0 bridgehead atoms. The van der Waals surface area contributed by atoms with Gasteiger partial charge in [0.15, 0.2) is 0 Å². The van der Waals surface area contributed by atoms with Crippen molar-refractivity contribution in [2.24, 2.45) is 5.92 Å². The highest BCUT2D eigenvalue weighted by molar-refractivity contribution is 6.32. The first kappa shape index (κ1) is 23.7. The second-order valence-electron chi connectivity index (χ2n) is 7.74. The highest BCUT2D eigenvalue weighted by Gasteiger charge is 2.35. The van der Waals surface area contributed by atoms with E-state index in [1.165, 1.54) is 0 Å². The number of nitrogens with one attached hydrogen (secondary N) is 2. The second-order valence-corrected chi connectivity index (χ2v) is 8.56. The Morgan fingerprint density at radius 3 is 2.53 bits per heavy atom. The standard InChI is InChI=1S/C25H23Cl2N3O4/c1-33-20-9-7-19(8-10-20)30-14-17(12-24(30)31)25(32)29-28-18-6-11-23(22(27)13-18)34-15-16-4-2-3-5-21(16)26/h2-11,13,17,28H,12,14-15H2,1H3,(H,29,32)/t17-/m1/s1. The summed E-state index contributed by atoms with van der Waals surface area (Å²) in [7, 11) is 1.58.